The van der Waals surface area contributed by atoms with Crippen LogP contribution in [0.1, 0.15) is 12.8 Å². The average molecular weight is 338 g/mol. The van der Waals surface area contributed by atoms with Crippen molar-refractivity contribution in [3.05, 3.63) is 0 Å². The molecule has 0 saturated carbocycles. The lowest BCUT2D eigenvalue weighted by Gasteiger charge is -2.44. The fraction of sp³-hybridized carbons (Fsp3) is 1.00. The standard InChI is InChI=1S/C14H26O9/c1-21-14-7(11(18)13(20)10(5-16)23-14)2-6-3-8(17)12(19)9(4-15)22-6/h6-20H,2-5H2,1H3/t6-,7-,8-,9-,10-,11-,12+,13-,14+/m1/s1. The van der Waals surface area contributed by atoms with Crippen molar-refractivity contribution >= 4 is 0 Å². The van der Waals surface area contributed by atoms with E-state index in [0.717, 1.165) is 0 Å². The lowest BCUT2D eigenvalue weighted by molar-refractivity contribution is -0.286. The maximum absolute atomic E-state index is 10.3. The number of ether oxygens (including phenoxy) is 3. The number of aliphatic hydroxyl groups is 6. The molecule has 0 aliphatic carbocycles. The number of aliphatic hydroxyl groups excluding tert-OH is 6. The van der Waals surface area contributed by atoms with Crippen LogP contribution in [0.5, 0.6) is 0 Å². The summed E-state index contributed by atoms with van der Waals surface area (Å²) in [6.07, 6.45) is -7.66. The minimum absolute atomic E-state index is 0.122. The molecular weight excluding hydrogens is 312 g/mol. The van der Waals surface area contributed by atoms with E-state index in [-0.39, 0.29) is 12.8 Å². The van der Waals surface area contributed by atoms with Gasteiger partial charge in [-0.3, -0.25) is 0 Å². The average Bonchev–Trinajstić information content (AvgIpc) is 2.55. The third kappa shape index (κ3) is 4.01. The lowest BCUT2D eigenvalue weighted by Crippen LogP contribution is -2.58. The van der Waals surface area contributed by atoms with E-state index >= 15 is 0 Å². The maximum Gasteiger partial charge on any atom is 0.163 e. The van der Waals surface area contributed by atoms with Gasteiger partial charge >= 0.3 is 0 Å². The monoisotopic (exact) mass is 338 g/mol. The molecule has 2 heterocycles. The third-order valence-corrected chi connectivity index (χ3v) is 4.60. The highest BCUT2D eigenvalue weighted by molar-refractivity contribution is 4.92. The molecule has 0 aromatic carbocycles. The van der Waals surface area contributed by atoms with Gasteiger partial charge in [0.05, 0.1) is 31.5 Å². The molecule has 0 bridgehead atoms. The largest absolute Gasteiger partial charge is 0.394 e. The minimum atomic E-state index is -1.27. The summed E-state index contributed by atoms with van der Waals surface area (Å²) in [5.74, 6) is -0.649. The zero-order valence-electron chi connectivity index (χ0n) is 12.9. The van der Waals surface area contributed by atoms with E-state index in [1.54, 1.807) is 0 Å². The van der Waals surface area contributed by atoms with Crippen LogP contribution in [0.15, 0.2) is 0 Å². The van der Waals surface area contributed by atoms with Crippen LogP contribution in [0.3, 0.4) is 0 Å². The fourth-order valence-corrected chi connectivity index (χ4v) is 3.27. The molecule has 9 heteroatoms. The van der Waals surface area contributed by atoms with Gasteiger partial charge < -0.3 is 44.8 Å². The Morgan fingerprint density at radius 1 is 0.913 bits per heavy atom. The molecule has 2 fully saturated rings. The second-order valence-corrected chi connectivity index (χ2v) is 6.11. The van der Waals surface area contributed by atoms with Gasteiger partial charge in [0.1, 0.15) is 24.4 Å². The van der Waals surface area contributed by atoms with Crippen molar-refractivity contribution in [1.29, 1.82) is 0 Å². The third-order valence-electron chi connectivity index (χ3n) is 4.60. The minimum Gasteiger partial charge on any atom is -0.394 e. The predicted molar refractivity (Wildman–Crippen MR) is 75.3 cm³/mol. The summed E-state index contributed by atoms with van der Waals surface area (Å²) in [6.45, 7) is -0.899. The summed E-state index contributed by atoms with van der Waals surface area (Å²) in [5.41, 5.74) is 0. The lowest BCUT2D eigenvalue weighted by atomic mass is 9.84. The predicted octanol–water partition coefficient (Wildman–Crippen LogP) is -3.05. The quantitative estimate of drug-likeness (QED) is 0.307. The molecule has 0 unspecified atom stereocenters. The van der Waals surface area contributed by atoms with Crippen molar-refractivity contribution in [2.24, 2.45) is 5.92 Å². The molecule has 0 amide bonds. The normalized spacial score (nSPS) is 48.4. The van der Waals surface area contributed by atoms with Gasteiger partial charge in [0.2, 0.25) is 0 Å². The molecule has 6 N–H and O–H groups in total. The van der Waals surface area contributed by atoms with Gasteiger partial charge in [-0.2, -0.15) is 0 Å². The molecule has 0 radical (unpaired) electrons. The van der Waals surface area contributed by atoms with E-state index in [1.807, 2.05) is 0 Å². The fourth-order valence-electron chi connectivity index (χ4n) is 3.27. The first-order valence-electron chi connectivity index (χ1n) is 7.70. The molecule has 0 aromatic heterocycles. The van der Waals surface area contributed by atoms with Gasteiger partial charge in [-0.1, -0.05) is 0 Å². The van der Waals surface area contributed by atoms with E-state index in [1.165, 1.54) is 7.11 Å². The first kappa shape index (κ1) is 19.0. The molecule has 9 nitrogen and oxygen atoms in total. The van der Waals surface area contributed by atoms with Crippen molar-refractivity contribution in [1.82, 2.24) is 0 Å². The van der Waals surface area contributed by atoms with Gasteiger partial charge in [-0.15, -0.1) is 0 Å². The van der Waals surface area contributed by atoms with Crippen molar-refractivity contribution in [3.8, 4) is 0 Å². The Labute approximate surface area is 134 Å². The van der Waals surface area contributed by atoms with Crippen molar-refractivity contribution < 1.29 is 44.8 Å². The van der Waals surface area contributed by atoms with E-state index in [2.05, 4.69) is 0 Å². The smallest absolute Gasteiger partial charge is 0.163 e. The first-order valence-corrected chi connectivity index (χ1v) is 7.70. The Bertz CT molecular complexity index is 366. The van der Waals surface area contributed by atoms with Crippen molar-refractivity contribution in [2.45, 2.75) is 61.9 Å². The Hall–Kier alpha value is -0.360. The molecule has 0 aromatic rings. The second kappa shape index (κ2) is 8.15. The van der Waals surface area contributed by atoms with Gasteiger partial charge in [-0.05, 0) is 6.42 Å². The van der Waals surface area contributed by atoms with Gasteiger partial charge in [-0.25, -0.2) is 0 Å². The van der Waals surface area contributed by atoms with Gasteiger partial charge in [0.25, 0.3) is 0 Å². The maximum atomic E-state index is 10.3. The zero-order chi connectivity index (χ0) is 17.1. The van der Waals surface area contributed by atoms with Gasteiger partial charge in [0, 0.05) is 19.4 Å². The topological polar surface area (TPSA) is 149 Å². The first-order chi connectivity index (χ1) is 10.9. The van der Waals surface area contributed by atoms with Crippen LogP contribution in [-0.4, -0.2) is 100.0 Å². The van der Waals surface area contributed by atoms with Crippen LogP contribution >= 0.6 is 0 Å². The summed E-state index contributed by atoms with van der Waals surface area (Å²) in [4.78, 5) is 0. The molecule has 9 atom stereocenters. The van der Waals surface area contributed by atoms with Crippen molar-refractivity contribution in [3.63, 3.8) is 0 Å². The highest BCUT2D eigenvalue weighted by atomic mass is 16.7. The van der Waals surface area contributed by atoms with Crippen LogP contribution in [0.2, 0.25) is 0 Å². The summed E-state index contributed by atoms with van der Waals surface area (Å²) in [6, 6.07) is 0. The van der Waals surface area contributed by atoms with Crippen LogP contribution in [0.25, 0.3) is 0 Å². The molecule has 23 heavy (non-hydrogen) atoms. The Morgan fingerprint density at radius 2 is 1.52 bits per heavy atom. The second-order valence-electron chi connectivity index (χ2n) is 6.11. The van der Waals surface area contributed by atoms with E-state index in [4.69, 9.17) is 19.3 Å². The number of hydrogen-bond donors (Lipinski definition) is 6. The van der Waals surface area contributed by atoms with Crippen LogP contribution in [0, 0.1) is 5.92 Å². The molecule has 0 spiro atoms. The molecular formula is C14H26O9. The van der Waals surface area contributed by atoms with Crippen LogP contribution in [0.4, 0.5) is 0 Å². The molecule has 136 valence electrons. The van der Waals surface area contributed by atoms with E-state index in [9.17, 15) is 25.5 Å². The van der Waals surface area contributed by atoms with Crippen LogP contribution < -0.4 is 0 Å². The highest BCUT2D eigenvalue weighted by Crippen LogP contribution is 2.33. The summed E-state index contributed by atoms with van der Waals surface area (Å²) >= 11 is 0. The molecule has 2 aliphatic rings. The Balaban J connectivity index is 2.05. The number of hydrogen-bond acceptors (Lipinski definition) is 9. The summed E-state index contributed by atoms with van der Waals surface area (Å²) < 4.78 is 16.1. The van der Waals surface area contributed by atoms with Crippen molar-refractivity contribution in [2.75, 3.05) is 20.3 Å². The molecule has 2 aliphatic heterocycles. The molecule has 2 rings (SSSR count). The number of rotatable bonds is 5. The summed E-state index contributed by atoms with van der Waals surface area (Å²) in [7, 11) is 1.38. The molecule has 2 saturated heterocycles. The Kier molecular flexibility index (Phi) is 6.72. The SMILES string of the molecule is CO[C@H]1O[C@H](CO)[C@@H](O)[C@H](O)[C@H]1C[C@@H]1C[C@@H](O)[C@H](O)[C@@H](CO)O1. The van der Waals surface area contributed by atoms with E-state index in [0.29, 0.717) is 0 Å². The zero-order valence-corrected chi connectivity index (χ0v) is 12.9. The van der Waals surface area contributed by atoms with E-state index < -0.39 is 68.1 Å². The van der Waals surface area contributed by atoms with Crippen LogP contribution in [-0.2, 0) is 14.2 Å². The van der Waals surface area contributed by atoms with Gasteiger partial charge in [0.15, 0.2) is 6.29 Å². The Morgan fingerprint density at radius 3 is 2.09 bits per heavy atom. The summed E-state index contributed by atoms with van der Waals surface area (Å²) in [5, 5.41) is 58.2. The number of methoxy groups -OCH3 is 1. The highest BCUT2D eigenvalue weighted by Gasteiger charge is 2.47.